The minimum atomic E-state index is -0.108. The number of carbonyl (C=O) groups is 2. The number of anilines is 1. The summed E-state index contributed by atoms with van der Waals surface area (Å²) in [4.78, 5) is 28.1. The number of benzene rings is 1. The Kier molecular flexibility index (Phi) is 5.97. The molecule has 3 aliphatic rings. The molecule has 1 saturated heterocycles. The van der Waals surface area contributed by atoms with Gasteiger partial charge in [0.1, 0.15) is 0 Å². The third-order valence-electron chi connectivity index (χ3n) is 7.04. The number of carbonyl (C=O) groups excluding carboxylic acids is 2. The van der Waals surface area contributed by atoms with Crippen molar-refractivity contribution in [2.24, 2.45) is 5.92 Å². The number of hydrogen-bond acceptors (Lipinski definition) is 5. The minimum absolute atomic E-state index is 0.0463. The van der Waals surface area contributed by atoms with Crippen LogP contribution in [0.25, 0.3) is 0 Å². The maximum absolute atomic E-state index is 13.7. The van der Waals surface area contributed by atoms with Gasteiger partial charge >= 0.3 is 5.97 Å². The Morgan fingerprint density at radius 1 is 1.12 bits per heavy atom. The van der Waals surface area contributed by atoms with Crippen LogP contribution in [0.2, 0.25) is 5.02 Å². The predicted octanol–water partition coefficient (Wildman–Crippen LogP) is 4.76. The smallest absolute Gasteiger partial charge is 0.309 e. The average molecular weight is 456 g/mol. The van der Waals surface area contributed by atoms with E-state index in [9.17, 15) is 9.59 Å². The Bertz CT molecular complexity index is 1040. The highest BCUT2D eigenvalue weighted by Gasteiger charge is 2.34. The van der Waals surface area contributed by atoms with Gasteiger partial charge in [0.05, 0.1) is 28.8 Å². The summed E-state index contributed by atoms with van der Waals surface area (Å²) in [5.74, 6) is 1.09. The number of esters is 1. The van der Waals surface area contributed by atoms with Crippen LogP contribution in [-0.4, -0.2) is 41.4 Å². The summed E-state index contributed by atoms with van der Waals surface area (Å²) in [6.07, 6.45) is 7.70. The molecule has 1 aromatic carbocycles. The number of hydrogen-bond donors (Lipinski definition) is 0. The fourth-order valence-corrected chi connectivity index (χ4v) is 5.46. The first-order valence-corrected chi connectivity index (χ1v) is 12.3. The Balaban J connectivity index is 1.45. The summed E-state index contributed by atoms with van der Waals surface area (Å²) in [7, 11) is 0. The van der Waals surface area contributed by atoms with Crippen molar-refractivity contribution in [1.82, 2.24) is 9.78 Å². The van der Waals surface area contributed by atoms with E-state index < -0.39 is 0 Å². The van der Waals surface area contributed by atoms with Gasteiger partial charge < -0.3 is 9.64 Å². The average Bonchev–Trinajstić information content (AvgIpc) is 3.59. The summed E-state index contributed by atoms with van der Waals surface area (Å²) in [5.41, 5.74) is 3.89. The predicted molar refractivity (Wildman–Crippen MR) is 124 cm³/mol. The fourth-order valence-electron chi connectivity index (χ4n) is 5.20. The molecule has 1 aromatic heterocycles. The molecule has 0 spiro atoms. The fraction of sp³-hybridized carbons (Fsp3) is 0.560. The van der Waals surface area contributed by atoms with Gasteiger partial charge in [-0.1, -0.05) is 23.7 Å². The summed E-state index contributed by atoms with van der Waals surface area (Å²) in [6, 6.07) is 5.77. The van der Waals surface area contributed by atoms with Crippen molar-refractivity contribution in [2.45, 2.75) is 64.2 Å². The molecule has 5 rings (SSSR count). The molecule has 32 heavy (non-hydrogen) atoms. The second kappa shape index (κ2) is 8.89. The van der Waals surface area contributed by atoms with E-state index in [0.29, 0.717) is 23.1 Å². The number of ether oxygens (including phenoxy) is 1. The van der Waals surface area contributed by atoms with Crippen molar-refractivity contribution in [3.05, 3.63) is 45.6 Å². The van der Waals surface area contributed by atoms with Crippen LogP contribution in [0.1, 0.15) is 78.5 Å². The van der Waals surface area contributed by atoms with Crippen molar-refractivity contribution >= 4 is 29.3 Å². The maximum atomic E-state index is 13.7. The topological polar surface area (TPSA) is 64.4 Å². The number of nitrogens with zero attached hydrogens (tertiary/aromatic N) is 3. The van der Waals surface area contributed by atoms with E-state index in [4.69, 9.17) is 21.4 Å². The van der Waals surface area contributed by atoms with Crippen molar-refractivity contribution in [3.63, 3.8) is 0 Å². The van der Waals surface area contributed by atoms with Gasteiger partial charge in [0.2, 0.25) is 0 Å². The summed E-state index contributed by atoms with van der Waals surface area (Å²) in [5, 5.41) is 5.39. The molecule has 2 aromatic rings. The SMILES string of the molecule is CCOC(=O)C1CCN(c2nn(C(=O)c3c(Cl)cccc3C3CC3)c3c2CCCC3)CC1. The molecule has 0 unspecified atom stereocenters. The van der Waals surface area contributed by atoms with E-state index in [1.54, 1.807) is 10.7 Å². The van der Waals surface area contributed by atoms with E-state index >= 15 is 0 Å². The zero-order chi connectivity index (χ0) is 22.2. The number of aromatic nitrogens is 2. The Morgan fingerprint density at radius 2 is 1.88 bits per heavy atom. The van der Waals surface area contributed by atoms with Crippen molar-refractivity contribution in [2.75, 3.05) is 24.6 Å². The van der Waals surface area contributed by atoms with Gasteiger partial charge in [-0.2, -0.15) is 4.68 Å². The van der Waals surface area contributed by atoms with Gasteiger partial charge in [-0.25, -0.2) is 0 Å². The second-order valence-corrected chi connectivity index (χ2v) is 9.57. The number of rotatable bonds is 5. The molecular weight excluding hydrogens is 426 g/mol. The van der Waals surface area contributed by atoms with Crippen LogP contribution < -0.4 is 4.90 Å². The number of piperidine rings is 1. The molecule has 2 fully saturated rings. The highest BCUT2D eigenvalue weighted by Crippen LogP contribution is 2.43. The van der Waals surface area contributed by atoms with Crippen LogP contribution >= 0.6 is 11.6 Å². The molecule has 0 amide bonds. The summed E-state index contributed by atoms with van der Waals surface area (Å²) in [6.45, 7) is 3.77. The lowest BCUT2D eigenvalue weighted by atomic mass is 9.94. The largest absolute Gasteiger partial charge is 0.466 e. The highest BCUT2D eigenvalue weighted by molar-refractivity contribution is 6.34. The maximum Gasteiger partial charge on any atom is 0.309 e. The van der Waals surface area contributed by atoms with E-state index in [1.165, 1.54) is 5.56 Å². The lowest BCUT2D eigenvalue weighted by Gasteiger charge is -2.32. The molecule has 0 atom stereocenters. The molecule has 1 saturated carbocycles. The standard InChI is InChI=1S/C25H30ClN3O3/c1-2-32-25(31)17-12-14-28(15-13-17)23-19-6-3-4-9-21(19)29(27-23)24(30)22-18(16-10-11-16)7-5-8-20(22)26/h5,7-8,16-17H,2-4,6,9-15H2,1H3. The zero-order valence-electron chi connectivity index (χ0n) is 18.6. The van der Waals surface area contributed by atoms with Gasteiger partial charge in [-0.05, 0) is 75.8 Å². The normalized spacial score (nSPS) is 19.0. The second-order valence-electron chi connectivity index (χ2n) is 9.16. The van der Waals surface area contributed by atoms with E-state index in [0.717, 1.165) is 81.5 Å². The van der Waals surface area contributed by atoms with E-state index in [2.05, 4.69) is 4.90 Å². The van der Waals surface area contributed by atoms with Crippen molar-refractivity contribution in [3.8, 4) is 0 Å². The molecule has 7 heteroatoms. The molecule has 6 nitrogen and oxygen atoms in total. The Morgan fingerprint density at radius 3 is 2.59 bits per heavy atom. The molecule has 2 heterocycles. The third-order valence-corrected chi connectivity index (χ3v) is 7.36. The number of halogens is 1. The summed E-state index contributed by atoms with van der Waals surface area (Å²) < 4.78 is 6.84. The van der Waals surface area contributed by atoms with Gasteiger partial charge in [-0.3, -0.25) is 9.59 Å². The molecule has 170 valence electrons. The molecule has 1 aliphatic heterocycles. The first kappa shape index (κ1) is 21.5. The van der Waals surface area contributed by atoms with Crippen molar-refractivity contribution < 1.29 is 14.3 Å². The summed E-state index contributed by atoms with van der Waals surface area (Å²) >= 11 is 6.54. The van der Waals surface area contributed by atoms with E-state index in [-0.39, 0.29) is 17.8 Å². The molecule has 2 aliphatic carbocycles. The van der Waals surface area contributed by atoms with Crippen LogP contribution in [0.4, 0.5) is 5.82 Å². The molecular formula is C25H30ClN3O3. The first-order chi connectivity index (χ1) is 15.6. The molecule has 0 N–H and O–H groups in total. The van der Waals surface area contributed by atoms with Gasteiger partial charge in [-0.15, -0.1) is 5.10 Å². The quantitative estimate of drug-likeness (QED) is 0.608. The minimum Gasteiger partial charge on any atom is -0.466 e. The monoisotopic (exact) mass is 455 g/mol. The van der Waals surface area contributed by atoms with Crippen molar-refractivity contribution in [1.29, 1.82) is 0 Å². The Hall–Kier alpha value is -2.34. The Labute approximate surface area is 193 Å². The van der Waals surface area contributed by atoms with Gasteiger partial charge in [0.25, 0.3) is 5.91 Å². The third kappa shape index (κ3) is 3.94. The van der Waals surface area contributed by atoms with Gasteiger partial charge in [0.15, 0.2) is 5.82 Å². The zero-order valence-corrected chi connectivity index (χ0v) is 19.4. The van der Waals surface area contributed by atoms with Crippen LogP contribution in [0, 0.1) is 5.92 Å². The van der Waals surface area contributed by atoms with Crippen LogP contribution in [0.5, 0.6) is 0 Å². The molecule has 0 radical (unpaired) electrons. The highest BCUT2D eigenvalue weighted by atomic mass is 35.5. The van der Waals surface area contributed by atoms with Gasteiger partial charge in [0, 0.05) is 18.7 Å². The molecule has 0 bridgehead atoms. The lowest BCUT2D eigenvalue weighted by molar-refractivity contribution is -0.148. The lowest BCUT2D eigenvalue weighted by Crippen LogP contribution is -2.37. The van der Waals surface area contributed by atoms with Crippen LogP contribution in [-0.2, 0) is 22.4 Å². The van der Waals surface area contributed by atoms with E-state index in [1.807, 2.05) is 19.1 Å². The van der Waals surface area contributed by atoms with Crippen LogP contribution in [0.15, 0.2) is 18.2 Å². The number of fused-ring (bicyclic) bond motifs is 1. The first-order valence-electron chi connectivity index (χ1n) is 11.9. The van der Waals surface area contributed by atoms with Crippen LogP contribution in [0.3, 0.4) is 0 Å².